The lowest BCUT2D eigenvalue weighted by atomic mass is 9.97. The summed E-state index contributed by atoms with van der Waals surface area (Å²) in [5.41, 5.74) is 1.10. The lowest BCUT2D eigenvalue weighted by Crippen LogP contribution is -2.44. The van der Waals surface area contributed by atoms with Crippen molar-refractivity contribution in [1.82, 2.24) is 9.62 Å². The molecule has 0 saturated carbocycles. The Bertz CT molecular complexity index is 676. The van der Waals surface area contributed by atoms with Gasteiger partial charge in [0.1, 0.15) is 0 Å². The van der Waals surface area contributed by atoms with Gasteiger partial charge in [0.2, 0.25) is 15.9 Å². The SMILES string of the molecule is CC(O)CNC(=O)C1CCN(S(=O)(=O)c2ccc(C(C)C)cc2)CC1. The number of carbonyl (C=O) groups is 1. The molecule has 1 aromatic carbocycles. The average Bonchev–Trinajstić information content (AvgIpc) is 2.59. The normalized spacial score (nSPS) is 18.3. The molecule has 1 aliphatic heterocycles. The van der Waals surface area contributed by atoms with Crippen LogP contribution in [0, 0.1) is 5.92 Å². The van der Waals surface area contributed by atoms with Gasteiger partial charge in [-0.25, -0.2) is 8.42 Å². The number of hydrogen-bond acceptors (Lipinski definition) is 4. The number of nitrogens with zero attached hydrogens (tertiary/aromatic N) is 1. The Hall–Kier alpha value is -1.44. The summed E-state index contributed by atoms with van der Waals surface area (Å²) in [6.45, 7) is 6.63. The van der Waals surface area contributed by atoms with Gasteiger partial charge in [0.25, 0.3) is 0 Å². The zero-order valence-corrected chi connectivity index (χ0v) is 15.9. The van der Waals surface area contributed by atoms with Gasteiger partial charge in [-0.1, -0.05) is 26.0 Å². The molecule has 1 aromatic rings. The Morgan fingerprint density at radius 2 is 1.76 bits per heavy atom. The fraction of sp³-hybridized carbons (Fsp3) is 0.611. The topological polar surface area (TPSA) is 86.7 Å². The fourth-order valence-electron chi connectivity index (χ4n) is 2.92. The van der Waals surface area contributed by atoms with Crippen LogP contribution < -0.4 is 5.32 Å². The van der Waals surface area contributed by atoms with Gasteiger partial charge >= 0.3 is 0 Å². The van der Waals surface area contributed by atoms with Crippen LogP contribution in [0.4, 0.5) is 0 Å². The van der Waals surface area contributed by atoms with Gasteiger partial charge in [0, 0.05) is 25.6 Å². The first kappa shape index (κ1) is 19.9. The molecule has 1 saturated heterocycles. The summed E-state index contributed by atoms with van der Waals surface area (Å²) in [5, 5.41) is 11.9. The first-order valence-electron chi connectivity index (χ1n) is 8.77. The molecule has 140 valence electrons. The van der Waals surface area contributed by atoms with E-state index in [-0.39, 0.29) is 18.4 Å². The van der Waals surface area contributed by atoms with Gasteiger partial charge in [0.15, 0.2) is 0 Å². The summed E-state index contributed by atoms with van der Waals surface area (Å²) in [4.78, 5) is 12.3. The summed E-state index contributed by atoms with van der Waals surface area (Å²) in [6.07, 6.45) is 0.405. The molecule has 1 atom stereocenters. The Morgan fingerprint density at radius 1 is 1.20 bits per heavy atom. The maximum Gasteiger partial charge on any atom is 0.243 e. The van der Waals surface area contributed by atoms with Crippen molar-refractivity contribution in [3.05, 3.63) is 29.8 Å². The largest absolute Gasteiger partial charge is 0.392 e. The van der Waals surface area contributed by atoms with Crippen molar-refractivity contribution >= 4 is 15.9 Å². The third-order valence-electron chi connectivity index (χ3n) is 4.58. The molecule has 2 N–H and O–H groups in total. The van der Waals surface area contributed by atoms with E-state index in [2.05, 4.69) is 19.2 Å². The number of hydrogen-bond donors (Lipinski definition) is 2. The molecular weight excluding hydrogens is 340 g/mol. The quantitative estimate of drug-likeness (QED) is 0.800. The second-order valence-electron chi connectivity index (χ2n) is 7.00. The van der Waals surface area contributed by atoms with Crippen molar-refractivity contribution < 1.29 is 18.3 Å². The monoisotopic (exact) mass is 368 g/mol. The maximum atomic E-state index is 12.8. The van der Waals surface area contributed by atoms with Crippen LogP contribution >= 0.6 is 0 Å². The molecule has 2 rings (SSSR count). The van der Waals surface area contributed by atoms with Crippen molar-refractivity contribution in [3.8, 4) is 0 Å². The second kappa shape index (κ2) is 8.29. The van der Waals surface area contributed by atoms with E-state index >= 15 is 0 Å². The molecule has 0 radical (unpaired) electrons. The second-order valence-corrected chi connectivity index (χ2v) is 8.93. The Morgan fingerprint density at radius 3 is 2.24 bits per heavy atom. The Kier molecular flexibility index (Phi) is 6.59. The van der Waals surface area contributed by atoms with E-state index in [1.165, 1.54) is 4.31 Å². The van der Waals surface area contributed by atoms with Crippen LogP contribution in [0.5, 0.6) is 0 Å². The standard InChI is InChI=1S/C18H28N2O4S/c1-13(2)15-4-6-17(7-5-15)25(23,24)20-10-8-16(9-11-20)18(22)19-12-14(3)21/h4-7,13-14,16,21H,8-12H2,1-3H3,(H,19,22). The van der Waals surface area contributed by atoms with Crippen LogP contribution in [0.15, 0.2) is 29.2 Å². The van der Waals surface area contributed by atoms with Crippen LogP contribution in [0.3, 0.4) is 0 Å². The van der Waals surface area contributed by atoms with Crippen LogP contribution in [0.2, 0.25) is 0 Å². The van der Waals surface area contributed by atoms with Gasteiger partial charge in [-0.2, -0.15) is 4.31 Å². The fourth-order valence-corrected chi connectivity index (χ4v) is 4.39. The minimum atomic E-state index is -3.52. The van der Waals surface area contributed by atoms with E-state index in [1.807, 2.05) is 12.1 Å². The minimum Gasteiger partial charge on any atom is -0.392 e. The van der Waals surface area contributed by atoms with Crippen molar-refractivity contribution in [2.24, 2.45) is 5.92 Å². The minimum absolute atomic E-state index is 0.112. The van der Waals surface area contributed by atoms with E-state index in [4.69, 9.17) is 0 Å². The summed E-state index contributed by atoms with van der Waals surface area (Å²) in [6, 6.07) is 7.03. The first-order chi connectivity index (χ1) is 11.7. The van der Waals surface area contributed by atoms with Crippen LogP contribution in [0.25, 0.3) is 0 Å². The number of rotatable bonds is 6. The van der Waals surface area contributed by atoms with E-state index in [0.717, 1.165) is 5.56 Å². The van der Waals surface area contributed by atoms with Gasteiger partial charge < -0.3 is 10.4 Å². The maximum absolute atomic E-state index is 12.8. The molecule has 6 nitrogen and oxygen atoms in total. The van der Waals surface area contributed by atoms with Gasteiger partial charge in [-0.3, -0.25) is 4.79 Å². The molecule has 0 bridgehead atoms. The van der Waals surface area contributed by atoms with Crippen LogP contribution in [0.1, 0.15) is 45.1 Å². The van der Waals surface area contributed by atoms with E-state index < -0.39 is 16.1 Å². The third-order valence-corrected chi connectivity index (χ3v) is 6.49. The number of carbonyl (C=O) groups excluding carboxylic acids is 1. The van der Waals surface area contributed by atoms with E-state index in [1.54, 1.807) is 19.1 Å². The highest BCUT2D eigenvalue weighted by atomic mass is 32.2. The number of aliphatic hydroxyl groups excluding tert-OH is 1. The lowest BCUT2D eigenvalue weighted by molar-refractivity contribution is -0.126. The molecule has 0 aliphatic carbocycles. The highest BCUT2D eigenvalue weighted by Gasteiger charge is 2.32. The van der Waals surface area contributed by atoms with Gasteiger partial charge in [-0.15, -0.1) is 0 Å². The summed E-state index contributed by atoms with van der Waals surface area (Å²) in [7, 11) is -3.52. The molecule has 1 aliphatic rings. The van der Waals surface area contributed by atoms with E-state index in [0.29, 0.717) is 36.7 Å². The first-order valence-corrected chi connectivity index (χ1v) is 10.2. The number of piperidine rings is 1. The van der Waals surface area contributed by atoms with Gasteiger partial charge in [-0.05, 0) is 43.4 Å². The zero-order valence-electron chi connectivity index (χ0n) is 15.1. The highest BCUT2D eigenvalue weighted by Crippen LogP contribution is 2.25. The van der Waals surface area contributed by atoms with Crippen molar-refractivity contribution in [2.75, 3.05) is 19.6 Å². The Balaban J connectivity index is 1.98. The number of aliphatic hydroxyl groups is 1. The number of amides is 1. The summed E-state index contributed by atoms with van der Waals surface area (Å²) in [5.74, 6) is 0.0420. The van der Waals surface area contributed by atoms with Crippen molar-refractivity contribution in [1.29, 1.82) is 0 Å². The molecule has 7 heteroatoms. The van der Waals surface area contributed by atoms with Crippen LogP contribution in [-0.2, 0) is 14.8 Å². The molecule has 1 fully saturated rings. The Labute approximate surface area is 150 Å². The molecule has 0 spiro atoms. The number of nitrogens with one attached hydrogen (secondary N) is 1. The van der Waals surface area contributed by atoms with Crippen molar-refractivity contribution in [2.45, 2.75) is 50.5 Å². The predicted molar refractivity (Wildman–Crippen MR) is 96.7 cm³/mol. The molecule has 1 amide bonds. The third kappa shape index (κ3) is 5.03. The molecular formula is C18H28N2O4S. The zero-order chi connectivity index (χ0) is 18.6. The highest BCUT2D eigenvalue weighted by molar-refractivity contribution is 7.89. The molecule has 1 unspecified atom stereocenters. The number of benzene rings is 1. The average molecular weight is 368 g/mol. The molecule has 25 heavy (non-hydrogen) atoms. The molecule has 0 aromatic heterocycles. The predicted octanol–water partition coefficient (Wildman–Crippen LogP) is 1.71. The van der Waals surface area contributed by atoms with Crippen LogP contribution in [-0.4, -0.2) is 49.5 Å². The summed E-state index contributed by atoms with van der Waals surface area (Å²) >= 11 is 0. The molecule has 1 heterocycles. The smallest absolute Gasteiger partial charge is 0.243 e. The lowest BCUT2D eigenvalue weighted by Gasteiger charge is -2.30. The number of sulfonamides is 1. The van der Waals surface area contributed by atoms with Crippen molar-refractivity contribution in [3.63, 3.8) is 0 Å². The summed E-state index contributed by atoms with van der Waals surface area (Å²) < 4.78 is 27.0. The van der Waals surface area contributed by atoms with Gasteiger partial charge in [0.05, 0.1) is 11.0 Å². The van der Waals surface area contributed by atoms with E-state index in [9.17, 15) is 18.3 Å².